The van der Waals surface area contributed by atoms with Crippen LogP contribution in [0, 0.1) is 5.92 Å². The van der Waals surface area contributed by atoms with Crippen LogP contribution in [-0.4, -0.2) is 13.1 Å². The van der Waals surface area contributed by atoms with Crippen LogP contribution in [-0.2, 0) is 6.54 Å². The van der Waals surface area contributed by atoms with Gasteiger partial charge in [-0.1, -0.05) is 50.5 Å². The molecule has 19 heavy (non-hydrogen) atoms. The fourth-order valence-corrected chi connectivity index (χ4v) is 2.89. The SMILES string of the molecule is CC(CN)CNCc1ccc(C2CCCCC2)cc1. The van der Waals surface area contributed by atoms with Crippen molar-refractivity contribution in [3.63, 3.8) is 0 Å². The molecule has 1 aromatic carbocycles. The monoisotopic (exact) mass is 260 g/mol. The lowest BCUT2D eigenvalue weighted by Gasteiger charge is -2.22. The molecule has 1 unspecified atom stereocenters. The van der Waals surface area contributed by atoms with Crippen LogP contribution in [0.25, 0.3) is 0 Å². The van der Waals surface area contributed by atoms with Crippen molar-refractivity contribution in [2.24, 2.45) is 11.7 Å². The molecule has 2 heteroatoms. The van der Waals surface area contributed by atoms with E-state index in [0.717, 1.165) is 25.6 Å². The van der Waals surface area contributed by atoms with Crippen LogP contribution in [0.1, 0.15) is 56.1 Å². The zero-order valence-electron chi connectivity index (χ0n) is 12.2. The standard InChI is InChI=1S/C17H28N2/c1-14(11-18)12-19-13-15-7-9-17(10-8-15)16-5-3-2-4-6-16/h7-10,14,16,19H,2-6,11-13,18H2,1H3. The molecule has 1 aliphatic rings. The van der Waals surface area contributed by atoms with Gasteiger partial charge in [0.2, 0.25) is 0 Å². The molecular formula is C17H28N2. The number of hydrogen-bond donors (Lipinski definition) is 2. The maximum Gasteiger partial charge on any atom is 0.0205 e. The smallest absolute Gasteiger partial charge is 0.0205 e. The Morgan fingerprint density at radius 2 is 1.84 bits per heavy atom. The quantitative estimate of drug-likeness (QED) is 0.822. The van der Waals surface area contributed by atoms with Crippen molar-refractivity contribution in [3.05, 3.63) is 35.4 Å². The average molecular weight is 260 g/mol. The van der Waals surface area contributed by atoms with Crippen molar-refractivity contribution in [1.29, 1.82) is 0 Å². The van der Waals surface area contributed by atoms with Gasteiger partial charge in [-0.3, -0.25) is 0 Å². The molecule has 0 aliphatic heterocycles. The Bertz CT molecular complexity index is 352. The van der Waals surface area contributed by atoms with Gasteiger partial charge in [-0.2, -0.15) is 0 Å². The Kier molecular flexibility index (Phi) is 5.87. The highest BCUT2D eigenvalue weighted by molar-refractivity contribution is 5.25. The van der Waals surface area contributed by atoms with Gasteiger partial charge >= 0.3 is 0 Å². The Labute approximate surface area is 117 Å². The second-order valence-corrected chi connectivity index (χ2v) is 6.05. The fourth-order valence-electron chi connectivity index (χ4n) is 2.89. The van der Waals surface area contributed by atoms with E-state index in [0.29, 0.717) is 5.92 Å². The Morgan fingerprint density at radius 3 is 2.47 bits per heavy atom. The normalized spacial score (nSPS) is 18.4. The fraction of sp³-hybridized carbons (Fsp3) is 0.647. The third-order valence-electron chi connectivity index (χ3n) is 4.28. The van der Waals surface area contributed by atoms with E-state index >= 15 is 0 Å². The minimum Gasteiger partial charge on any atom is -0.330 e. The van der Waals surface area contributed by atoms with Crippen LogP contribution in [0.4, 0.5) is 0 Å². The molecular weight excluding hydrogens is 232 g/mol. The molecule has 1 atom stereocenters. The maximum absolute atomic E-state index is 5.61. The van der Waals surface area contributed by atoms with Gasteiger partial charge in [0.1, 0.15) is 0 Å². The van der Waals surface area contributed by atoms with Crippen LogP contribution in [0.2, 0.25) is 0 Å². The van der Waals surface area contributed by atoms with E-state index in [4.69, 9.17) is 5.73 Å². The molecule has 1 saturated carbocycles. The molecule has 106 valence electrons. The number of nitrogens with one attached hydrogen (secondary N) is 1. The third kappa shape index (κ3) is 4.63. The van der Waals surface area contributed by atoms with Crippen LogP contribution in [0.15, 0.2) is 24.3 Å². The van der Waals surface area contributed by atoms with E-state index in [1.807, 2.05) is 0 Å². The van der Waals surface area contributed by atoms with E-state index in [2.05, 4.69) is 36.5 Å². The largest absolute Gasteiger partial charge is 0.330 e. The number of rotatable bonds is 6. The summed E-state index contributed by atoms with van der Waals surface area (Å²) in [5.41, 5.74) is 8.53. The number of benzene rings is 1. The summed E-state index contributed by atoms with van der Waals surface area (Å²) in [6.45, 7) is 4.89. The van der Waals surface area contributed by atoms with Gasteiger partial charge < -0.3 is 11.1 Å². The molecule has 3 N–H and O–H groups in total. The molecule has 0 bridgehead atoms. The molecule has 0 heterocycles. The van der Waals surface area contributed by atoms with Crippen LogP contribution in [0.5, 0.6) is 0 Å². The Hall–Kier alpha value is -0.860. The molecule has 0 aromatic heterocycles. The molecule has 0 spiro atoms. The lowest BCUT2D eigenvalue weighted by molar-refractivity contribution is 0.443. The Balaban J connectivity index is 1.80. The summed E-state index contributed by atoms with van der Waals surface area (Å²) in [5.74, 6) is 1.37. The highest BCUT2D eigenvalue weighted by Crippen LogP contribution is 2.32. The van der Waals surface area contributed by atoms with Crippen LogP contribution >= 0.6 is 0 Å². The number of nitrogens with two attached hydrogens (primary N) is 1. The molecule has 0 radical (unpaired) electrons. The van der Waals surface area contributed by atoms with Crippen LogP contribution in [0.3, 0.4) is 0 Å². The van der Waals surface area contributed by atoms with Crippen LogP contribution < -0.4 is 11.1 Å². The van der Waals surface area contributed by atoms with E-state index in [1.54, 1.807) is 5.56 Å². The summed E-state index contributed by atoms with van der Waals surface area (Å²) in [5, 5.41) is 3.47. The minimum atomic E-state index is 0.557. The molecule has 1 aliphatic carbocycles. The van der Waals surface area contributed by atoms with E-state index in [-0.39, 0.29) is 0 Å². The van der Waals surface area contributed by atoms with E-state index < -0.39 is 0 Å². The second-order valence-electron chi connectivity index (χ2n) is 6.05. The van der Waals surface area contributed by atoms with Crippen molar-refractivity contribution < 1.29 is 0 Å². The molecule has 1 fully saturated rings. The molecule has 2 rings (SSSR count). The molecule has 1 aromatic rings. The highest BCUT2D eigenvalue weighted by atomic mass is 14.9. The lowest BCUT2D eigenvalue weighted by atomic mass is 9.84. The average Bonchev–Trinajstić information content (AvgIpc) is 2.48. The Morgan fingerprint density at radius 1 is 1.16 bits per heavy atom. The second kappa shape index (κ2) is 7.66. The zero-order chi connectivity index (χ0) is 13.5. The molecule has 0 amide bonds. The molecule has 0 saturated heterocycles. The van der Waals surface area contributed by atoms with Gasteiger partial charge in [0.15, 0.2) is 0 Å². The topological polar surface area (TPSA) is 38.0 Å². The van der Waals surface area contributed by atoms with Crippen molar-refractivity contribution >= 4 is 0 Å². The van der Waals surface area contributed by atoms with Crippen molar-refractivity contribution in [2.75, 3.05) is 13.1 Å². The van der Waals surface area contributed by atoms with E-state index in [1.165, 1.54) is 37.7 Å². The summed E-state index contributed by atoms with van der Waals surface area (Å²) < 4.78 is 0. The first-order valence-corrected chi connectivity index (χ1v) is 7.79. The van der Waals surface area contributed by atoms with Gasteiger partial charge in [0.25, 0.3) is 0 Å². The minimum absolute atomic E-state index is 0.557. The third-order valence-corrected chi connectivity index (χ3v) is 4.28. The van der Waals surface area contributed by atoms with Gasteiger partial charge in [-0.15, -0.1) is 0 Å². The predicted molar refractivity (Wildman–Crippen MR) is 82.2 cm³/mol. The summed E-state index contributed by atoms with van der Waals surface area (Å²) in [6, 6.07) is 9.23. The van der Waals surface area contributed by atoms with Gasteiger partial charge in [-0.05, 0) is 48.9 Å². The first-order chi connectivity index (χ1) is 9.29. The summed E-state index contributed by atoms with van der Waals surface area (Å²) in [6.07, 6.45) is 7.00. The van der Waals surface area contributed by atoms with Crippen molar-refractivity contribution in [1.82, 2.24) is 5.32 Å². The van der Waals surface area contributed by atoms with Crippen molar-refractivity contribution in [2.45, 2.75) is 51.5 Å². The van der Waals surface area contributed by atoms with Gasteiger partial charge in [0, 0.05) is 6.54 Å². The highest BCUT2D eigenvalue weighted by Gasteiger charge is 2.14. The maximum atomic E-state index is 5.61. The lowest BCUT2D eigenvalue weighted by Crippen LogP contribution is -2.25. The summed E-state index contributed by atoms with van der Waals surface area (Å²) in [7, 11) is 0. The predicted octanol–water partition coefficient (Wildman–Crippen LogP) is 3.42. The first kappa shape index (κ1) is 14.5. The zero-order valence-corrected chi connectivity index (χ0v) is 12.2. The van der Waals surface area contributed by atoms with Gasteiger partial charge in [-0.25, -0.2) is 0 Å². The summed E-state index contributed by atoms with van der Waals surface area (Å²) in [4.78, 5) is 0. The van der Waals surface area contributed by atoms with Gasteiger partial charge in [0.05, 0.1) is 0 Å². The number of hydrogen-bond acceptors (Lipinski definition) is 2. The summed E-state index contributed by atoms with van der Waals surface area (Å²) >= 11 is 0. The van der Waals surface area contributed by atoms with Crippen molar-refractivity contribution in [3.8, 4) is 0 Å². The molecule has 2 nitrogen and oxygen atoms in total. The van der Waals surface area contributed by atoms with E-state index in [9.17, 15) is 0 Å². The first-order valence-electron chi connectivity index (χ1n) is 7.79.